The Balaban J connectivity index is 1.39. The van der Waals surface area contributed by atoms with Crippen LogP contribution in [0.25, 0.3) is 0 Å². The van der Waals surface area contributed by atoms with Crippen LogP contribution in [-0.4, -0.2) is 84.2 Å². The van der Waals surface area contributed by atoms with Crippen molar-refractivity contribution in [2.45, 2.75) is 44.5 Å². The molecule has 230 valence electrons. The number of aromatic nitrogens is 4. The van der Waals surface area contributed by atoms with Crippen molar-refractivity contribution >= 4 is 34.7 Å². The van der Waals surface area contributed by atoms with Gasteiger partial charge in [-0.25, -0.2) is 0 Å². The van der Waals surface area contributed by atoms with Gasteiger partial charge in [-0.3, -0.25) is 39.1 Å². The molecule has 2 saturated carbocycles. The molecule has 2 heterocycles. The number of hydrogen-bond donors (Lipinski definition) is 5. The van der Waals surface area contributed by atoms with Crippen LogP contribution >= 0.6 is 0 Å². The Morgan fingerprint density at radius 3 is 2.20 bits per heavy atom. The summed E-state index contributed by atoms with van der Waals surface area (Å²) in [5.41, 5.74) is 5.89. The van der Waals surface area contributed by atoms with Gasteiger partial charge in [-0.2, -0.15) is 10.2 Å². The number of H-pyrrole nitrogens is 2. The zero-order valence-corrected chi connectivity index (χ0v) is 24.2. The van der Waals surface area contributed by atoms with E-state index in [0.29, 0.717) is 29.9 Å². The molecule has 2 fully saturated rings. The van der Waals surface area contributed by atoms with E-state index >= 15 is 0 Å². The molecular weight excluding hydrogens is 570 g/mol. The van der Waals surface area contributed by atoms with Crippen LogP contribution in [0.5, 0.6) is 5.75 Å². The monoisotopic (exact) mass is 603 g/mol. The minimum absolute atomic E-state index is 0.0309. The van der Waals surface area contributed by atoms with Gasteiger partial charge >= 0.3 is 0 Å². The fraction of sp³-hybridized carbons (Fsp3) is 0.433. The van der Waals surface area contributed by atoms with Crippen LogP contribution in [0, 0.1) is 23.7 Å². The molecule has 14 heteroatoms. The highest BCUT2D eigenvalue weighted by Crippen LogP contribution is 2.51. The molecular formula is C30H33N7O7. The number of nitrogens with one attached hydrogen (secondary N) is 2. The van der Waals surface area contributed by atoms with Gasteiger partial charge in [0.2, 0.25) is 5.91 Å². The number of aliphatic hydroxyl groups is 1. The van der Waals surface area contributed by atoms with Crippen LogP contribution in [0.3, 0.4) is 0 Å². The molecule has 44 heavy (non-hydrogen) atoms. The average molecular weight is 604 g/mol. The van der Waals surface area contributed by atoms with E-state index in [1.54, 1.807) is 12.4 Å². The lowest BCUT2D eigenvalue weighted by atomic mass is 9.53. The lowest BCUT2D eigenvalue weighted by Gasteiger charge is -2.48. The topological polar surface area (TPSA) is 216 Å². The van der Waals surface area contributed by atoms with Gasteiger partial charge in [0.15, 0.2) is 34.7 Å². The first-order valence-corrected chi connectivity index (χ1v) is 14.3. The Labute approximate surface area is 251 Å². The van der Waals surface area contributed by atoms with Gasteiger partial charge in [-0.15, -0.1) is 0 Å². The van der Waals surface area contributed by atoms with Crippen molar-refractivity contribution in [2.75, 3.05) is 19.0 Å². The molecule has 14 nitrogen and oxygen atoms in total. The maximum atomic E-state index is 14.2. The summed E-state index contributed by atoms with van der Waals surface area (Å²) in [6, 6.07) is 5.48. The summed E-state index contributed by atoms with van der Waals surface area (Å²) in [5.74, 6) is -10.3. The lowest BCUT2D eigenvalue weighted by molar-refractivity contribution is -0.175. The first-order valence-electron chi connectivity index (χ1n) is 14.3. The van der Waals surface area contributed by atoms with Gasteiger partial charge in [0, 0.05) is 81.1 Å². The summed E-state index contributed by atoms with van der Waals surface area (Å²) in [4.78, 5) is 69.7. The molecule has 1 amide bonds. The fourth-order valence-corrected chi connectivity index (χ4v) is 7.22. The average Bonchev–Trinajstić information content (AvgIpc) is 3.66. The van der Waals surface area contributed by atoms with Gasteiger partial charge in [-0.1, -0.05) is 0 Å². The van der Waals surface area contributed by atoms with Gasteiger partial charge < -0.3 is 20.8 Å². The van der Waals surface area contributed by atoms with Crippen LogP contribution in [0.1, 0.15) is 45.7 Å². The van der Waals surface area contributed by atoms with E-state index in [1.807, 2.05) is 42.1 Å². The largest absolute Gasteiger partial charge is 0.507 e. The molecule has 6 N–H and O–H groups in total. The number of phenols is 1. The highest BCUT2D eigenvalue weighted by molar-refractivity contribution is 6.31. The van der Waals surface area contributed by atoms with Crippen molar-refractivity contribution in [1.82, 2.24) is 25.3 Å². The summed E-state index contributed by atoms with van der Waals surface area (Å²) in [6.45, 7) is 1.07. The number of phenolic OH excluding ortho intramolecular Hbond substituents is 1. The number of nitrogens with zero attached hydrogens (tertiary/aromatic N) is 4. The summed E-state index contributed by atoms with van der Waals surface area (Å²) < 4.78 is 0. The van der Waals surface area contributed by atoms with Gasteiger partial charge in [0.1, 0.15) is 5.75 Å². The van der Waals surface area contributed by atoms with Crippen LogP contribution < -0.4 is 10.6 Å². The zero-order chi connectivity index (χ0) is 31.5. The molecule has 0 aliphatic heterocycles. The number of carbonyl (C=O) groups is 5. The minimum atomic E-state index is -2.69. The second kappa shape index (κ2) is 10.8. The van der Waals surface area contributed by atoms with E-state index in [0.717, 1.165) is 11.4 Å². The number of benzene rings is 1. The summed E-state index contributed by atoms with van der Waals surface area (Å²) in [5, 5.41) is 37.0. The number of carbonyl (C=O) groups excluding carboxylic acids is 5. The number of fused-ring (bicyclic) bond motifs is 3. The van der Waals surface area contributed by atoms with E-state index in [9.17, 15) is 34.2 Å². The fourth-order valence-electron chi connectivity index (χ4n) is 7.22. The third-order valence-electron chi connectivity index (χ3n) is 9.24. The van der Waals surface area contributed by atoms with Crippen LogP contribution in [-0.2, 0) is 45.2 Å². The van der Waals surface area contributed by atoms with E-state index in [-0.39, 0.29) is 37.1 Å². The van der Waals surface area contributed by atoms with Gasteiger partial charge in [-0.05, 0) is 42.5 Å². The number of nitrogens with two attached hydrogens (primary N) is 1. The molecule has 6 rings (SSSR count). The van der Waals surface area contributed by atoms with Crippen molar-refractivity contribution in [1.29, 1.82) is 0 Å². The predicted octanol–water partition coefficient (Wildman–Crippen LogP) is 0.0415. The first kappa shape index (κ1) is 29.4. The second-order valence-electron chi connectivity index (χ2n) is 12.2. The van der Waals surface area contributed by atoms with Crippen LogP contribution in [0.4, 0.5) is 5.69 Å². The number of ketones is 4. The van der Waals surface area contributed by atoms with Crippen LogP contribution in [0.2, 0.25) is 0 Å². The Hall–Kier alpha value is -4.69. The zero-order valence-electron chi connectivity index (χ0n) is 24.2. The van der Waals surface area contributed by atoms with E-state index < -0.39 is 58.3 Å². The van der Waals surface area contributed by atoms with E-state index in [4.69, 9.17) is 5.73 Å². The molecule has 2 aromatic heterocycles. The second-order valence-corrected chi connectivity index (χ2v) is 12.2. The molecule has 0 saturated heterocycles. The molecule has 3 aliphatic carbocycles. The highest BCUT2D eigenvalue weighted by Gasteiger charge is 2.66. The SMILES string of the molecule is CN(C)c1cc(CN(Cc2ccn[nH]2)Cc2ccn[nH]2)c(O)c2c1C[C@H]1C[C@H]3CC(=O)C(C(N)=O)C(=O)[C@@]3(O)C(=O)C1C2=O. The van der Waals surface area contributed by atoms with Crippen molar-refractivity contribution in [3.8, 4) is 5.75 Å². The molecule has 0 radical (unpaired) electrons. The molecule has 3 aromatic rings. The molecule has 0 spiro atoms. The number of hydrogen-bond acceptors (Lipinski definition) is 11. The van der Waals surface area contributed by atoms with E-state index in [2.05, 4.69) is 20.4 Å². The summed E-state index contributed by atoms with van der Waals surface area (Å²) in [7, 11) is 3.63. The number of Topliss-reactive ketones (excluding diaryl/α,β-unsaturated/α-hetero) is 4. The number of rotatable bonds is 8. The number of anilines is 1. The minimum Gasteiger partial charge on any atom is -0.507 e. The standard InChI is InChI=1S/C30H33N7O7/c1-36(2)20-9-15(11-37(12-17-3-5-32-34-17)13-18-4-6-33-35-18)25(39)23-19(20)8-14-7-16-10-21(38)24(29(31)43)28(42)30(16,44)27(41)22(14)26(23)40/h3-6,9,14,16,22,24,39,44H,7-8,10-13H2,1-2H3,(H2,31,43)(H,32,34)(H,33,35)/t14-,16+,22?,24?,30+/m1/s1. The summed E-state index contributed by atoms with van der Waals surface area (Å²) in [6.07, 6.45) is 3.14. The third-order valence-corrected chi connectivity index (χ3v) is 9.24. The first-order chi connectivity index (χ1) is 20.9. The Kier molecular flexibility index (Phi) is 7.20. The van der Waals surface area contributed by atoms with Crippen molar-refractivity contribution in [3.63, 3.8) is 0 Å². The van der Waals surface area contributed by atoms with Crippen molar-refractivity contribution in [3.05, 3.63) is 58.7 Å². The Bertz CT molecular complexity index is 1630. The Morgan fingerprint density at radius 2 is 1.66 bits per heavy atom. The van der Waals surface area contributed by atoms with Gasteiger partial charge in [0.25, 0.3) is 0 Å². The quantitative estimate of drug-likeness (QED) is 0.217. The molecule has 2 unspecified atom stereocenters. The van der Waals surface area contributed by atoms with Crippen LogP contribution in [0.15, 0.2) is 30.6 Å². The number of aromatic amines is 2. The maximum Gasteiger partial charge on any atom is 0.235 e. The smallest absolute Gasteiger partial charge is 0.235 e. The Morgan fingerprint density at radius 1 is 1.02 bits per heavy atom. The third kappa shape index (κ3) is 4.61. The molecule has 3 aliphatic rings. The summed E-state index contributed by atoms with van der Waals surface area (Å²) >= 11 is 0. The molecule has 1 aromatic carbocycles. The predicted molar refractivity (Wildman–Crippen MR) is 153 cm³/mol. The highest BCUT2D eigenvalue weighted by atomic mass is 16.3. The lowest BCUT2D eigenvalue weighted by Crippen LogP contribution is -2.68. The van der Waals surface area contributed by atoms with Gasteiger partial charge in [0.05, 0.1) is 11.5 Å². The normalized spacial score (nSPS) is 26.4. The molecule has 0 bridgehead atoms. The van der Waals surface area contributed by atoms with Crippen molar-refractivity contribution < 1.29 is 34.2 Å². The number of primary amides is 1. The number of aromatic hydroxyl groups is 1. The van der Waals surface area contributed by atoms with E-state index in [1.165, 1.54) is 0 Å². The number of amides is 1. The molecule has 5 atom stereocenters. The van der Waals surface area contributed by atoms with Crippen molar-refractivity contribution in [2.24, 2.45) is 29.4 Å². The maximum absolute atomic E-state index is 14.2.